The second kappa shape index (κ2) is 5.21. The molecule has 0 aliphatic carbocycles. The fourth-order valence-corrected chi connectivity index (χ4v) is 3.95. The molecule has 1 aromatic heterocycles. The maximum atomic E-state index is 12.3. The van der Waals surface area contributed by atoms with E-state index in [-0.39, 0.29) is 11.7 Å². The SMILES string of the molecule is CCOc1ccc2c(O)c(C3=c4ccccc4=NC3=O)sc2c1. The lowest BCUT2D eigenvalue weighted by Gasteiger charge is -2.01. The topological polar surface area (TPSA) is 58.9 Å². The monoisotopic (exact) mass is 323 g/mol. The van der Waals surface area contributed by atoms with Crippen molar-refractivity contribution in [3.8, 4) is 11.5 Å². The lowest BCUT2D eigenvalue weighted by molar-refractivity contribution is -0.112. The van der Waals surface area contributed by atoms with Crippen LogP contribution < -0.4 is 15.3 Å². The normalized spacial score (nSPS) is 13.3. The molecule has 1 aliphatic rings. The molecular formula is C18H13NO3S. The quantitative estimate of drug-likeness (QED) is 0.805. The molecule has 0 spiro atoms. The van der Waals surface area contributed by atoms with Gasteiger partial charge < -0.3 is 9.84 Å². The van der Waals surface area contributed by atoms with Crippen LogP contribution in [0.25, 0.3) is 15.7 Å². The first-order chi connectivity index (χ1) is 11.2. The predicted molar refractivity (Wildman–Crippen MR) is 89.4 cm³/mol. The van der Waals surface area contributed by atoms with E-state index in [4.69, 9.17) is 4.74 Å². The average molecular weight is 323 g/mol. The second-order valence-corrected chi connectivity index (χ2v) is 6.23. The lowest BCUT2D eigenvalue weighted by atomic mass is 10.1. The van der Waals surface area contributed by atoms with E-state index in [1.54, 1.807) is 6.07 Å². The van der Waals surface area contributed by atoms with Crippen LogP contribution in [-0.2, 0) is 4.79 Å². The molecule has 1 amide bonds. The van der Waals surface area contributed by atoms with E-state index in [1.807, 2.05) is 43.3 Å². The van der Waals surface area contributed by atoms with E-state index in [1.165, 1.54) is 11.3 Å². The summed E-state index contributed by atoms with van der Waals surface area (Å²) in [5.74, 6) is 0.571. The third-order valence-corrected chi connectivity index (χ3v) is 4.94. The Balaban J connectivity index is 1.99. The summed E-state index contributed by atoms with van der Waals surface area (Å²) in [6.07, 6.45) is 0. The molecule has 0 bridgehead atoms. The third-order valence-electron chi connectivity index (χ3n) is 3.78. The Morgan fingerprint density at radius 3 is 2.87 bits per heavy atom. The first kappa shape index (κ1) is 14.0. The maximum absolute atomic E-state index is 12.3. The first-order valence-electron chi connectivity index (χ1n) is 7.30. The molecule has 5 heteroatoms. The molecule has 114 valence electrons. The van der Waals surface area contributed by atoms with Crippen LogP contribution in [-0.4, -0.2) is 17.6 Å². The Bertz CT molecular complexity index is 1070. The number of benzene rings is 2. The smallest absolute Gasteiger partial charge is 0.279 e. The van der Waals surface area contributed by atoms with E-state index >= 15 is 0 Å². The van der Waals surface area contributed by atoms with Crippen molar-refractivity contribution >= 4 is 32.9 Å². The van der Waals surface area contributed by atoms with E-state index in [0.717, 1.165) is 21.1 Å². The van der Waals surface area contributed by atoms with Crippen molar-refractivity contribution in [1.82, 2.24) is 0 Å². The van der Waals surface area contributed by atoms with Crippen molar-refractivity contribution in [2.45, 2.75) is 6.92 Å². The number of hydrogen-bond donors (Lipinski definition) is 1. The third kappa shape index (κ3) is 2.12. The number of hydrogen-bond acceptors (Lipinski definition) is 4. The van der Waals surface area contributed by atoms with Gasteiger partial charge in [0.15, 0.2) is 0 Å². The number of amides is 1. The van der Waals surface area contributed by atoms with Crippen LogP contribution in [0.15, 0.2) is 47.5 Å². The molecule has 2 heterocycles. The molecule has 0 saturated carbocycles. The van der Waals surface area contributed by atoms with Crippen molar-refractivity contribution in [2.75, 3.05) is 6.61 Å². The van der Waals surface area contributed by atoms with Crippen molar-refractivity contribution in [3.63, 3.8) is 0 Å². The highest BCUT2D eigenvalue weighted by Crippen LogP contribution is 2.42. The number of rotatable bonds is 3. The Labute approximate surface area is 136 Å². The molecule has 0 unspecified atom stereocenters. The standard InChI is InChI=1S/C18H13NO3S/c1-2-22-10-7-8-12-14(9-10)23-17(16(12)20)15-11-5-3-4-6-13(11)19-18(15)21/h3-9,20H,2H2,1H3. The number of nitrogens with zero attached hydrogens (tertiary/aromatic N) is 1. The minimum atomic E-state index is -0.307. The summed E-state index contributed by atoms with van der Waals surface area (Å²) in [4.78, 5) is 16.9. The summed E-state index contributed by atoms with van der Waals surface area (Å²) >= 11 is 1.38. The predicted octanol–water partition coefficient (Wildman–Crippen LogP) is 2.36. The minimum Gasteiger partial charge on any atom is -0.506 e. The molecule has 0 saturated heterocycles. The van der Waals surface area contributed by atoms with E-state index in [2.05, 4.69) is 4.99 Å². The summed E-state index contributed by atoms with van der Waals surface area (Å²) in [6.45, 7) is 2.50. The van der Waals surface area contributed by atoms with Crippen LogP contribution in [0.4, 0.5) is 0 Å². The summed E-state index contributed by atoms with van der Waals surface area (Å²) < 4.78 is 6.38. The van der Waals surface area contributed by atoms with Crippen LogP contribution in [0.1, 0.15) is 11.8 Å². The molecule has 2 aromatic carbocycles. The largest absolute Gasteiger partial charge is 0.506 e. The first-order valence-corrected chi connectivity index (χ1v) is 8.11. The van der Waals surface area contributed by atoms with Crippen molar-refractivity contribution in [2.24, 2.45) is 4.99 Å². The van der Waals surface area contributed by atoms with Crippen molar-refractivity contribution in [1.29, 1.82) is 0 Å². The highest BCUT2D eigenvalue weighted by Gasteiger charge is 2.24. The van der Waals surface area contributed by atoms with Crippen molar-refractivity contribution < 1.29 is 14.6 Å². The summed E-state index contributed by atoms with van der Waals surface area (Å²) in [7, 11) is 0. The highest BCUT2D eigenvalue weighted by molar-refractivity contribution is 7.20. The van der Waals surface area contributed by atoms with Crippen LogP contribution in [0.5, 0.6) is 11.5 Å². The van der Waals surface area contributed by atoms with Gasteiger partial charge >= 0.3 is 0 Å². The zero-order valence-electron chi connectivity index (χ0n) is 12.4. The van der Waals surface area contributed by atoms with E-state index in [9.17, 15) is 9.90 Å². The molecule has 1 N–H and O–H groups in total. The fourth-order valence-electron chi connectivity index (χ4n) is 2.77. The van der Waals surface area contributed by atoms with Gasteiger partial charge in [0.05, 0.1) is 22.4 Å². The fraction of sp³-hybridized carbons (Fsp3) is 0.111. The van der Waals surface area contributed by atoms with Crippen LogP contribution in [0.3, 0.4) is 0 Å². The molecular weight excluding hydrogens is 310 g/mol. The molecule has 4 rings (SSSR count). The Morgan fingerprint density at radius 2 is 2.04 bits per heavy atom. The maximum Gasteiger partial charge on any atom is 0.279 e. The number of ether oxygens (including phenoxy) is 1. The van der Waals surface area contributed by atoms with Gasteiger partial charge in [-0.25, -0.2) is 4.99 Å². The van der Waals surface area contributed by atoms with Gasteiger partial charge in [0.25, 0.3) is 5.91 Å². The second-order valence-electron chi connectivity index (χ2n) is 5.18. The molecule has 0 radical (unpaired) electrons. The van der Waals surface area contributed by atoms with Gasteiger partial charge in [0.2, 0.25) is 0 Å². The van der Waals surface area contributed by atoms with Crippen molar-refractivity contribution in [3.05, 3.63) is 57.9 Å². The van der Waals surface area contributed by atoms with Gasteiger partial charge in [-0.15, -0.1) is 11.3 Å². The van der Waals surface area contributed by atoms with Gasteiger partial charge in [0, 0.05) is 15.3 Å². The number of carbonyl (C=O) groups is 1. The van der Waals surface area contributed by atoms with Gasteiger partial charge in [0.1, 0.15) is 11.5 Å². The highest BCUT2D eigenvalue weighted by atomic mass is 32.1. The molecule has 3 aromatic rings. The Kier molecular flexibility index (Phi) is 3.16. The van der Waals surface area contributed by atoms with Gasteiger partial charge in [-0.05, 0) is 31.2 Å². The molecule has 23 heavy (non-hydrogen) atoms. The van der Waals surface area contributed by atoms with Gasteiger partial charge in [-0.1, -0.05) is 18.2 Å². The Hall–Kier alpha value is -2.66. The van der Waals surface area contributed by atoms with Crippen LogP contribution in [0, 0.1) is 0 Å². The van der Waals surface area contributed by atoms with Gasteiger partial charge in [-0.3, -0.25) is 4.79 Å². The summed E-state index contributed by atoms with van der Waals surface area (Å²) in [5, 5.41) is 12.7. The Morgan fingerprint density at radius 1 is 1.22 bits per heavy atom. The minimum absolute atomic E-state index is 0.128. The van der Waals surface area contributed by atoms with Crippen LogP contribution in [0.2, 0.25) is 0 Å². The summed E-state index contributed by atoms with van der Waals surface area (Å²) in [5.41, 5.74) is 0.470. The molecule has 4 nitrogen and oxygen atoms in total. The van der Waals surface area contributed by atoms with E-state index in [0.29, 0.717) is 22.4 Å². The number of aromatic hydroxyl groups is 1. The summed E-state index contributed by atoms with van der Waals surface area (Å²) in [6, 6.07) is 12.9. The lowest BCUT2D eigenvalue weighted by Crippen LogP contribution is -2.22. The number of carbonyl (C=O) groups excluding carboxylic acids is 1. The van der Waals surface area contributed by atoms with Crippen LogP contribution >= 0.6 is 11.3 Å². The molecule has 0 atom stereocenters. The van der Waals surface area contributed by atoms with Gasteiger partial charge in [-0.2, -0.15) is 0 Å². The number of para-hydroxylation sites is 1. The zero-order chi connectivity index (χ0) is 16.0. The number of fused-ring (bicyclic) bond motifs is 2. The number of thiophene rings is 1. The van der Waals surface area contributed by atoms with E-state index < -0.39 is 0 Å². The zero-order valence-corrected chi connectivity index (χ0v) is 13.2. The average Bonchev–Trinajstić information content (AvgIpc) is 3.04. The molecule has 0 fully saturated rings. The molecule has 1 aliphatic heterocycles.